The van der Waals surface area contributed by atoms with Crippen molar-refractivity contribution < 1.29 is 19.0 Å². The van der Waals surface area contributed by atoms with E-state index in [2.05, 4.69) is 17.2 Å². The Hall–Kier alpha value is -3.65. The van der Waals surface area contributed by atoms with Crippen molar-refractivity contribution in [2.75, 3.05) is 19.8 Å². The Kier molecular flexibility index (Phi) is 5.99. The summed E-state index contributed by atoms with van der Waals surface area (Å²) in [4.78, 5) is 12.1. The van der Waals surface area contributed by atoms with Gasteiger partial charge in [0.25, 0.3) is 5.91 Å². The fourth-order valence-electron chi connectivity index (χ4n) is 3.59. The number of rotatable bonds is 6. The molecular formula is C26H25NO4. The summed E-state index contributed by atoms with van der Waals surface area (Å²) in [5.74, 6) is 7.70. The normalized spacial score (nSPS) is 13.5. The number of hydrogen-bond donors (Lipinski definition) is 1. The molecule has 1 N–H and O–H groups in total. The zero-order valence-corrected chi connectivity index (χ0v) is 17.7. The summed E-state index contributed by atoms with van der Waals surface area (Å²) in [5.41, 5.74) is 0.841. The van der Waals surface area contributed by atoms with Gasteiger partial charge in [-0.05, 0) is 31.4 Å². The molecule has 0 unspecified atom stereocenters. The lowest BCUT2D eigenvalue weighted by molar-refractivity contribution is -0.122. The number of carbonyl (C=O) groups is 1. The molecule has 0 radical (unpaired) electrons. The quantitative estimate of drug-likeness (QED) is 0.615. The number of amides is 1. The van der Waals surface area contributed by atoms with Gasteiger partial charge in [0.1, 0.15) is 18.0 Å². The monoisotopic (exact) mass is 415 g/mol. The summed E-state index contributed by atoms with van der Waals surface area (Å²) < 4.78 is 17.4. The van der Waals surface area contributed by atoms with Crippen molar-refractivity contribution in [3.05, 3.63) is 66.2 Å². The molecule has 3 aromatic rings. The zero-order chi connectivity index (χ0) is 21.7. The molecule has 31 heavy (non-hydrogen) atoms. The molecule has 5 heteroatoms. The maximum absolute atomic E-state index is 12.1. The largest absolute Gasteiger partial charge is 0.483 e. The van der Waals surface area contributed by atoms with Gasteiger partial charge in [-0.3, -0.25) is 4.79 Å². The molecule has 1 heterocycles. The summed E-state index contributed by atoms with van der Waals surface area (Å²) in [6.07, 6.45) is 0.822. The van der Waals surface area contributed by atoms with Crippen molar-refractivity contribution in [1.82, 2.24) is 5.32 Å². The lowest BCUT2D eigenvalue weighted by atomic mass is 10.0. The fraction of sp³-hybridized carbons (Fsp3) is 0.269. The number of carbonyl (C=O) groups excluding carboxylic acids is 1. The minimum atomic E-state index is -0.256. The average Bonchev–Trinajstić information content (AvgIpc) is 3.09. The number of fused-ring (bicyclic) bond motifs is 2. The van der Waals surface area contributed by atoms with Gasteiger partial charge in [0.15, 0.2) is 18.1 Å². The fourth-order valence-corrected chi connectivity index (χ4v) is 3.59. The molecular weight excluding hydrogens is 390 g/mol. The van der Waals surface area contributed by atoms with Gasteiger partial charge in [-0.15, -0.1) is 0 Å². The molecule has 1 aliphatic rings. The Morgan fingerprint density at radius 2 is 1.77 bits per heavy atom. The molecule has 1 amide bonds. The lowest BCUT2D eigenvalue weighted by Gasteiger charge is -2.18. The second-order valence-electron chi connectivity index (χ2n) is 7.97. The third-order valence-corrected chi connectivity index (χ3v) is 4.96. The average molecular weight is 415 g/mol. The first-order valence-corrected chi connectivity index (χ1v) is 10.3. The Labute approximate surface area is 182 Å². The van der Waals surface area contributed by atoms with Gasteiger partial charge in [0.2, 0.25) is 0 Å². The van der Waals surface area contributed by atoms with Crippen molar-refractivity contribution >= 4 is 16.7 Å². The van der Waals surface area contributed by atoms with E-state index in [0.717, 1.165) is 34.3 Å². The molecule has 4 rings (SSSR count). The van der Waals surface area contributed by atoms with Crippen molar-refractivity contribution in [3.63, 3.8) is 0 Å². The van der Waals surface area contributed by atoms with Crippen molar-refractivity contribution in [2.24, 2.45) is 0 Å². The van der Waals surface area contributed by atoms with Crippen molar-refractivity contribution in [3.8, 4) is 29.1 Å². The smallest absolute Gasteiger partial charge is 0.258 e. The third kappa shape index (κ3) is 5.10. The zero-order valence-electron chi connectivity index (χ0n) is 17.7. The molecule has 0 spiro atoms. The highest BCUT2D eigenvalue weighted by Crippen LogP contribution is 2.41. The van der Waals surface area contributed by atoms with Gasteiger partial charge < -0.3 is 19.5 Å². The lowest BCUT2D eigenvalue weighted by Crippen LogP contribution is -2.29. The molecule has 0 atom stereocenters. The van der Waals surface area contributed by atoms with E-state index in [1.165, 1.54) is 0 Å². The van der Waals surface area contributed by atoms with Crippen LogP contribution in [-0.2, 0) is 11.2 Å². The van der Waals surface area contributed by atoms with Gasteiger partial charge in [-0.1, -0.05) is 60.4 Å². The maximum Gasteiger partial charge on any atom is 0.258 e. The molecule has 0 saturated heterocycles. The highest BCUT2D eigenvalue weighted by molar-refractivity contribution is 5.88. The number of benzene rings is 3. The van der Waals surface area contributed by atoms with Crippen LogP contribution in [0.15, 0.2) is 60.7 Å². The molecule has 0 fully saturated rings. The van der Waals surface area contributed by atoms with Gasteiger partial charge >= 0.3 is 0 Å². The molecule has 158 valence electrons. The predicted octanol–water partition coefficient (Wildman–Crippen LogP) is 4.13. The minimum Gasteiger partial charge on any atom is -0.483 e. The van der Waals surface area contributed by atoms with Crippen LogP contribution in [0.1, 0.15) is 19.4 Å². The second-order valence-corrected chi connectivity index (χ2v) is 7.97. The van der Waals surface area contributed by atoms with Gasteiger partial charge in [0, 0.05) is 17.4 Å². The van der Waals surface area contributed by atoms with Crippen LogP contribution < -0.4 is 19.5 Å². The van der Waals surface area contributed by atoms with E-state index in [0.29, 0.717) is 5.75 Å². The van der Waals surface area contributed by atoms with E-state index in [1.807, 2.05) is 74.5 Å². The summed E-state index contributed by atoms with van der Waals surface area (Å²) in [6, 6.07) is 19.7. The summed E-state index contributed by atoms with van der Waals surface area (Å²) in [7, 11) is 0. The predicted molar refractivity (Wildman–Crippen MR) is 121 cm³/mol. The number of ether oxygens (including phenoxy) is 3. The highest BCUT2D eigenvalue weighted by Gasteiger charge is 2.32. The van der Waals surface area contributed by atoms with E-state index in [9.17, 15) is 4.79 Å². The topological polar surface area (TPSA) is 56.8 Å². The summed E-state index contributed by atoms with van der Waals surface area (Å²) >= 11 is 0. The minimum absolute atomic E-state index is 0.0889. The van der Waals surface area contributed by atoms with E-state index in [1.54, 1.807) is 0 Å². The Bertz CT molecular complexity index is 1150. The van der Waals surface area contributed by atoms with Crippen LogP contribution in [0.5, 0.6) is 17.2 Å². The molecule has 0 aromatic heterocycles. The molecule has 0 aliphatic carbocycles. The van der Waals surface area contributed by atoms with E-state index in [-0.39, 0.29) is 31.3 Å². The van der Waals surface area contributed by atoms with Crippen LogP contribution in [-0.4, -0.2) is 31.3 Å². The van der Waals surface area contributed by atoms with Crippen LogP contribution >= 0.6 is 0 Å². The second kappa shape index (κ2) is 9.01. The first-order chi connectivity index (χ1) is 15.0. The number of para-hydroxylation sites is 1. The van der Waals surface area contributed by atoms with E-state index < -0.39 is 0 Å². The van der Waals surface area contributed by atoms with Crippen LogP contribution in [0.2, 0.25) is 0 Å². The summed E-state index contributed by atoms with van der Waals surface area (Å²) in [6.45, 7) is 4.47. The summed E-state index contributed by atoms with van der Waals surface area (Å²) in [5, 5.41) is 4.91. The molecule has 0 bridgehead atoms. The van der Waals surface area contributed by atoms with Crippen molar-refractivity contribution in [1.29, 1.82) is 0 Å². The van der Waals surface area contributed by atoms with Crippen LogP contribution in [0.4, 0.5) is 0 Å². The van der Waals surface area contributed by atoms with E-state index in [4.69, 9.17) is 14.2 Å². The molecule has 0 saturated carbocycles. The van der Waals surface area contributed by atoms with Crippen LogP contribution in [0.3, 0.4) is 0 Å². The third-order valence-electron chi connectivity index (χ3n) is 4.96. The number of nitrogens with one attached hydrogen (secondary N) is 1. The number of hydrogen-bond acceptors (Lipinski definition) is 4. The van der Waals surface area contributed by atoms with Crippen LogP contribution in [0.25, 0.3) is 10.8 Å². The van der Waals surface area contributed by atoms with Crippen molar-refractivity contribution in [2.45, 2.75) is 25.9 Å². The SMILES string of the molecule is CC1(C)Cc2cccc(OCC(=O)NCC#CCOc3cccc4ccccc34)c2O1. The molecule has 5 nitrogen and oxygen atoms in total. The Balaban J connectivity index is 1.22. The van der Waals surface area contributed by atoms with E-state index >= 15 is 0 Å². The van der Waals surface area contributed by atoms with Gasteiger partial charge in [-0.25, -0.2) is 0 Å². The standard InChI is InChI=1S/C26H25NO4/c1-26(2)17-20-11-8-14-23(25(20)31-26)30-18-24(28)27-15-5-6-16-29-22-13-7-10-19-9-3-4-12-21(19)22/h3-4,7-14H,15-18H2,1-2H3,(H,27,28). The molecule has 3 aromatic carbocycles. The Morgan fingerprint density at radius 3 is 2.68 bits per heavy atom. The van der Waals surface area contributed by atoms with Crippen LogP contribution in [0, 0.1) is 11.8 Å². The maximum atomic E-state index is 12.1. The highest BCUT2D eigenvalue weighted by atomic mass is 16.5. The first kappa shape index (κ1) is 20.6. The molecule has 1 aliphatic heterocycles. The first-order valence-electron chi connectivity index (χ1n) is 10.3. The Morgan fingerprint density at radius 1 is 1.00 bits per heavy atom. The van der Waals surface area contributed by atoms with Gasteiger partial charge in [-0.2, -0.15) is 0 Å². The van der Waals surface area contributed by atoms with Gasteiger partial charge in [0.05, 0.1) is 6.54 Å².